The van der Waals surface area contributed by atoms with Crippen LogP contribution in [-0.4, -0.2) is 62.9 Å². The number of allylic oxidation sites excluding steroid dienone is 3. The lowest BCUT2D eigenvalue weighted by Gasteiger charge is -2.15. The summed E-state index contributed by atoms with van der Waals surface area (Å²) in [5.41, 5.74) is 3.94. The normalized spacial score (nSPS) is 17.5. The Bertz CT molecular complexity index is 1510. The summed E-state index contributed by atoms with van der Waals surface area (Å²) in [5.74, 6) is -2.18. The molecule has 2 amide bonds. The van der Waals surface area contributed by atoms with E-state index in [1.54, 1.807) is 18.0 Å². The van der Waals surface area contributed by atoms with E-state index in [0.717, 1.165) is 37.0 Å². The van der Waals surface area contributed by atoms with Gasteiger partial charge in [-0.1, -0.05) is 31.6 Å². The van der Waals surface area contributed by atoms with Crippen molar-refractivity contribution in [1.29, 1.82) is 0 Å². The average Bonchev–Trinajstić information content (AvgIpc) is 3.43. The second kappa shape index (κ2) is 15.0. The third kappa shape index (κ3) is 9.53. The molecule has 0 saturated heterocycles. The van der Waals surface area contributed by atoms with Gasteiger partial charge in [0.1, 0.15) is 16.7 Å². The molecule has 1 aromatic carbocycles. The molecule has 1 fully saturated rings. The summed E-state index contributed by atoms with van der Waals surface area (Å²) in [6.07, 6.45) is 6.30. The maximum atomic E-state index is 15.5. The SMILES string of the molecule is CCC/C=C/C(=C\N=C(C)N1C=CCN1)c1cc2sc(C(C(=O)NCC(=O)NC3CC3)S(=O)CCC(F)(F)F)nc2cc1F. The molecule has 1 aromatic heterocycles. The van der Waals surface area contributed by atoms with Gasteiger partial charge in [0.2, 0.25) is 11.8 Å². The number of nitrogens with one attached hydrogen (secondary N) is 3. The quantitative estimate of drug-likeness (QED) is 0.121. The maximum absolute atomic E-state index is 15.5. The Labute approximate surface area is 259 Å². The highest BCUT2D eigenvalue weighted by Crippen LogP contribution is 2.34. The molecule has 1 saturated carbocycles. The van der Waals surface area contributed by atoms with E-state index in [-0.39, 0.29) is 22.1 Å². The van der Waals surface area contributed by atoms with Crippen molar-refractivity contribution in [3.63, 3.8) is 0 Å². The van der Waals surface area contributed by atoms with Gasteiger partial charge < -0.3 is 10.6 Å². The molecule has 1 aliphatic carbocycles. The monoisotopic (exact) mass is 654 g/mol. The van der Waals surface area contributed by atoms with Crippen LogP contribution < -0.4 is 16.1 Å². The van der Waals surface area contributed by atoms with Gasteiger partial charge in [-0.25, -0.2) is 19.8 Å². The number of hydrogen-bond acceptors (Lipinski definition) is 7. The first kappa shape index (κ1) is 33.5. The Hall–Kier alpha value is -3.43. The topological polar surface area (TPSA) is 116 Å². The highest BCUT2D eigenvalue weighted by Gasteiger charge is 2.35. The van der Waals surface area contributed by atoms with E-state index < -0.39 is 58.6 Å². The van der Waals surface area contributed by atoms with Crippen LogP contribution in [0.15, 0.2) is 47.8 Å². The van der Waals surface area contributed by atoms with Crippen LogP contribution in [0.5, 0.6) is 0 Å². The molecule has 9 nitrogen and oxygen atoms in total. The number of rotatable bonds is 13. The Kier molecular flexibility index (Phi) is 11.4. The molecule has 2 aromatic rings. The Morgan fingerprint density at radius 3 is 2.75 bits per heavy atom. The molecular weight excluding hydrogens is 620 g/mol. The zero-order chi connectivity index (χ0) is 31.9. The number of carbonyl (C=O) groups excluding carboxylic acids is 2. The van der Waals surface area contributed by atoms with E-state index in [1.165, 1.54) is 18.3 Å². The fourth-order valence-electron chi connectivity index (χ4n) is 4.13. The van der Waals surface area contributed by atoms with Crippen molar-refractivity contribution in [3.8, 4) is 0 Å². The second-order valence-corrected chi connectivity index (χ2v) is 13.0. The van der Waals surface area contributed by atoms with E-state index in [2.05, 4.69) is 26.0 Å². The molecular formula is C29H34F4N6O3S2. The van der Waals surface area contributed by atoms with E-state index in [1.807, 2.05) is 25.3 Å². The molecule has 15 heteroatoms. The number of nitrogens with zero attached hydrogens (tertiary/aromatic N) is 3. The van der Waals surface area contributed by atoms with Crippen molar-refractivity contribution in [1.82, 2.24) is 26.1 Å². The zero-order valence-electron chi connectivity index (χ0n) is 24.2. The summed E-state index contributed by atoms with van der Waals surface area (Å²) in [6, 6.07) is 2.75. The number of aromatic nitrogens is 1. The summed E-state index contributed by atoms with van der Waals surface area (Å²) in [4.78, 5) is 34.0. The lowest BCUT2D eigenvalue weighted by Crippen LogP contribution is -2.40. The Morgan fingerprint density at radius 2 is 2.09 bits per heavy atom. The predicted molar refractivity (Wildman–Crippen MR) is 164 cm³/mol. The maximum Gasteiger partial charge on any atom is 0.390 e. The number of hydrogen-bond donors (Lipinski definition) is 3. The van der Waals surface area contributed by atoms with Crippen LogP contribution in [0, 0.1) is 5.82 Å². The molecule has 238 valence electrons. The molecule has 0 bridgehead atoms. The zero-order valence-corrected chi connectivity index (χ0v) is 25.9. The van der Waals surface area contributed by atoms with E-state index in [4.69, 9.17) is 0 Å². The molecule has 0 radical (unpaired) electrons. The first-order chi connectivity index (χ1) is 20.9. The number of benzene rings is 1. The van der Waals surface area contributed by atoms with Crippen molar-refractivity contribution in [2.45, 2.75) is 63.4 Å². The first-order valence-electron chi connectivity index (χ1n) is 14.2. The number of halogens is 4. The Balaban J connectivity index is 1.66. The smallest absolute Gasteiger partial charge is 0.352 e. The van der Waals surface area contributed by atoms with Gasteiger partial charge in [-0.2, -0.15) is 13.2 Å². The summed E-state index contributed by atoms with van der Waals surface area (Å²) < 4.78 is 67.8. The molecule has 2 atom stereocenters. The van der Waals surface area contributed by atoms with E-state index >= 15 is 4.39 Å². The second-order valence-electron chi connectivity index (χ2n) is 10.3. The number of fused-ring (bicyclic) bond motifs is 1. The Morgan fingerprint density at radius 1 is 1.32 bits per heavy atom. The van der Waals surface area contributed by atoms with Gasteiger partial charge >= 0.3 is 6.18 Å². The number of carbonyl (C=O) groups is 2. The number of amidine groups is 1. The molecule has 1 aliphatic heterocycles. The van der Waals surface area contributed by atoms with Crippen molar-refractivity contribution in [2.75, 3.05) is 18.8 Å². The van der Waals surface area contributed by atoms with Crippen LogP contribution in [0.3, 0.4) is 0 Å². The van der Waals surface area contributed by atoms with Gasteiger partial charge in [0.15, 0.2) is 5.25 Å². The number of hydrazine groups is 1. The minimum absolute atomic E-state index is 0.0371. The van der Waals surface area contributed by atoms with Crippen molar-refractivity contribution in [2.24, 2.45) is 4.99 Å². The van der Waals surface area contributed by atoms with Crippen LogP contribution in [0.1, 0.15) is 61.8 Å². The fourth-order valence-corrected chi connectivity index (χ4v) is 6.84. The van der Waals surface area contributed by atoms with Gasteiger partial charge in [-0.3, -0.25) is 18.8 Å². The van der Waals surface area contributed by atoms with Gasteiger partial charge in [0, 0.05) is 58.7 Å². The lowest BCUT2D eigenvalue weighted by molar-refractivity contribution is -0.130. The van der Waals surface area contributed by atoms with Crippen molar-refractivity contribution < 1.29 is 31.4 Å². The summed E-state index contributed by atoms with van der Waals surface area (Å²) >= 11 is 0.936. The average molecular weight is 655 g/mol. The predicted octanol–water partition coefficient (Wildman–Crippen LogP) is 5.02. The van der Waals surface area contributed by atoms with Gasteiger partial charge in [0.25, 0.3) is 0 Å². The lowest BCUT2D eigenvalue weighted by atomic mass is 10.0. The number of unbranched alkanes of at least 4 members (excludes halogenated alkanes) is 1. The summed E-state index contributed by atoms with van der Waals surface area (Å²) in [6.45, 7) is 4.04. The first-order valence-corrected chi connectivity index (χ1v) is 16.4. The largest absolute Gasteiger partial charge is 0.390 e. The van der Waals surface area contributed by atoms with Crippen molar-refractivity contribution >= 4 is 55.6 Å². The van der Waals surface area contributed by atoms with Crippen LogP contribution in [0.25, 0.3) is 15.8 Å². The minimum atomic E-state index is -4.58. The molecule has 2 heterocycles. The molecule has 3 N–H and O–H groups in total. The van der Waals surface area contributed by atoms with Gasteiger partial charge in [0.05, 0.1) is 23.2 Å². The third-order valence-corrected chi connectivity index (χ3v) is 9.41. The fraction of sp³-hybridized carbons (Fsp3) is 0.448. The van der Waals surface area contributed by atoms with Crippen LogP contribution in [-0.2, 0) is 20.4 Å². The van der Waals surface area contributed by atoms with E-state index in [9.17, 15) is 27.0 Å². The molecule has 0 spiro atoms. The third-order valence-electron chi connectivity index (χ3n) is 6.61. The number of alkyl halides is 3. The minimum Gasteiger partial charge on any atom is -0.352 e. The highest BCUT2D eigenvalue weighted by molar-refractivity contribution is 7.86. The summed E-state index contributed by atoms with van der Waals surface area (Å²) in [7, 11) is -2.33. The molecule has 2 unspecified atom stereocenters. The van der Waals surface area contributed by atoms with Crippen LogP contribution in [0.2, 0.25) is 0 Å². The summed E-state index contributed by atoms with van der Waals surface area (Å²) in [5, 5.41) is 5.19. The van der Waals surface area contributed by atoms with Crippen molar-refractivity contribution in [3.05, 3.63) is 59.1 Å². The number of aliphatic imine (C=N–C) groups is 1. The highest BCUT2D eigenvalue weighted by atomic mass is 32.2. The standard InChI is InChI=1S/C29H34F4N6O3S2/c1-3-4-5-7-19(16-34-18(2)39-12-6-11-36-39)21-14-24-23(15-22(21)30)38-28(43-24)26(44(42)13-10-29(31,32)33)27(41)35-17-25(40)37-20-8-9-20/h5-7,12,14-16,20,26,36H,3-4,8-11,13,17H2,1-2H3,(H,35,41)(H,37,40)/b7-5+,19-16+,34-18?. The molecule has 2 aliphatic rings. The van der Waals surface area contributed by atoms with E-state index in [0.29, 0.717) is 22.7 Å². The van der Waals surface area contributed by atoms with Crippen LogP contribution >= 0.6 is 11.3 Å². The number of amides is 2. The molecule has 4 rings (SSSR count). The number of thiazole rings is 1. The van der Waals surface area contributed by atoms with Gasteiger partial charge in [-0.15, -0.1) is 11.3 Å². The molecule has 44 heavy (non-hydrogen) atoms. The van der Waals surface area contributed by atoms with Crippen LogP contribution in [0.4, 0.5) is 17.6 Å². The van der Waals surface area contributed by atoms with Gasteiger partial charge in [-0.05, 0) is 32.3 Å².